The van der Waals surface area contributed by atoms with Gasteiger partial charge in [0, 0.05) is 11.6 Å². The summed E-state index contributed by atoms with van der Waals surface area (Å²) in [7, 11) is 0. The van der Waals surface area contributed by atoms with Crippen LogP contribution in [-0.2, 0) is 0 Å². The van der Waals surface area contributed by atoms with E-state index in [0.29, 0.717) is 0 Å². The topological polar surface area (TPSA) is 33.1 Å². The Bertz CT molecular complexity index is 560. The highest BCUT2D eigenvalue weighted by atomic mass is 16.3. The van der Waals surface area contributed by atoms with Crippen LogP contribution in [0.4, 0.5) is 0 Å². The number of pyridine rings is 1. The van der Waals surface area contributed by atoms with Gasteiger partial charge in [0.15, 0.2) is 0 Å². The number of fused-ring (bicyclic) bond motifs is 1. The lowest BCUT2D eigenvalue weighted by molar-refractivity contribution is 0.151. The first-order valence-corrected chi connectivity index (χ1v) is 7.86. The summed E-state index contributed by atoms with van der Waals surface area (Å²) in [4.78, 5) is 4.32. The molecule has 2 aromatic rings. The number of hydrogen-bond acceptors (Lipinski definition) is 2. The van der Waals surface area contributed by atoms with Gasteiger partial charge < -0.3 is 5.11 Å². The van der Waals surface area contributed by atoms with Crippen molar-refractivity contribution in [3.8, 4) is 0 Å². The van der Waals surface area contributed by atoms with Crippen LogP contribution in [0.15, 0.2) is 36.5 Å². The third-order valence-corrected chi connectivity index (χ3v) is 4.58. The lowest BCUT2D eigenvalue weighted by Crippen LogP contribution is -2.08. The molecule has 0 radical (unpaired) electrons. The minimum atomic E-state index is -0.332. The van der Waals surface area contributed by atoms with Crippen LogP contribution in [0.25, 0.3) is 10.9 Å². The molecular formula is C18H23NO. The maximum Gasteiger partial charge on any atom is 0.0790 e. The van der Waals surface area contributed by atoms with Gasteiger partial charge in [-0.2, -0.15) is 0 Å². The summed E-state index contributed by atoms with van der Waals surface area (Å²) >= 11 is 0. The van der Waals surface area contributed by atoms with Crippen LogP contribution < -0.4 is 0 Å². The zero-order valence-electron chi connectivity index (χ0n) is 12.0. The fourth-order valence-electron chi connectivity index (χ4n) is 3.34. The molecule has 1 atom stereocenters. The largest absolute Gasteiger partial charge is 0.388 e. The first-order valence-electron chi connectivity index (χ1n) is 7.86. The minimum Gasteiger partial charge on any atom is -0.388 e. The summed E-state index contributed by atoms with van der Waals surface area (Å²) < 4.78 is 0. The van der Waals surface area contributed by atoms with E-state index < -0.39 is 0 Å². The van der Waals surface area contributed by atoms with Crippen molar-refractivity contribution in [1.29, 1.82) is 0 Å². The van der Waals surface area contributed by atoms with Crippen LogP contribution in [0, 0.1) is 5.92 Å². The molecule has 1 heterocycles. The maximum atomic E-state index is 10.4. The van der Waals surface area contributed by atoms with E-state index in [9.17, 15) is 5.11 Å². The number of hydrogen-bond donors (Lipinski definition) is 1. The molecule has 0 aliphatic heterocycles. The van der Waals surface area contributed by atoms with Gasteiger partial charge in [0.25, 0.3) is 0 Å². The fraction of sp³-hybridized carbons (Fsp3) is 0.500. The quantitative estimate of drug-likeness (QED) is 0.878. The van der Waals surface area contributed by atoms with Gasteiger partial charge in [-0.15, -0.1) is 0 Å². The van der Waals surface area contributed by atoms with Gasteiger partial charge in [-0.25, -0.2) is 0 Å². The molecule has 1 aromatic carbocycles. The lowest BCUT2D eigenvalue weighted by atomic mass is 9.85. The Morgan fingerprint density at radius 2 is 2.00 bits per heavy atom. The van der Waals surface area contributed by atoms with Gasteiger partial charge in [-0.1, -0.05) is 44.2 Å². The Kier molecular flexibility index (Phi) is 4.31. The van der Waals surface area contributed by atoms with E-state index in [-0.39, 0.29) is 6.10 Å². The normalized spacial score (nSPS) is 18.2. The molecule has 1 aliphatic rings. The summed E-state index contributed by atoms with van der Waals surface area (Å²) in [6.45, 7) is 0. The van der Waals surface area contributed by atoms with Crippen molar-refractivity contribution in [1.82, 2.24) is 4.98 Å². The zero-order chi connectivity index (χ0) is 13.8. The average molecular weight is 269 g/mol. The van der Waals surface area contributed by atoms with Crippen molar-refractivity contribution < 1.29 is 5.11 Å². The summed E-state index contributed by atoms with van der Waals surface area (Å²) in [6, 6.07) is 10.1. The summed E-state index contributed by atoms with van der Waals surface area (Å²) in [5.74, 6) is 0.834. The van der Waals surface area contributed by atoms with Gasteiger partial charge >= 0.3 is 0 Å². The summed E-state index contributed by atoms with van der Waals surface area (Å²) in [5.41, 5.74) is 2.03. The minimum absolute atomic E-state index is 0.332. The molecule has 106 valence electrons. The van der Waals surface area contributed by atoms with Crippen molar-refractivity contribution in [2.75, 3.05) is 0 Å². The Morgan fingerprint density at radius 1 is 1.15 bits per heavy atom. The second-order valence-electron chi connectivity index (χ2n) is 6.05. The smallest absolute Gasteiger partial charge is 0.0790 e. The molecule has 1 fully saturated rings. The predicted octanol–water partition coefficient (Wildman–Crippen LogP) is 4.63. The number of aliphatic hydroxyl groups excluding tert-OH is 1. The van der Waals surface area contributed by atoms with Crippen LogP contribution in [0.5, 0.6) is 0 Å². The lowest BCUT2D eigenvalue weighted by Gasteiger charge is -2.22. The molecule has 1 N–H and O–H groups in total. The van der Waals surface area contributed by atoms with Gasteiger partial charge in [-0.05, 0) is 42.5 Å². The second-order valence-corrected chi connectivity index (χ2v) is 6.05. The van der Waals surface area contributed by atoms with E-state index in [2.05, 4.69) is 17.1 Å². The molecular weight excluding hydrogens is 246 g/mol. The molecule has 1 saturated carbocycles. The monoisotopic (exact) mass is 269 g/mol. The number of nitrogens with zero attached hydrogens (tertiary/aromatic N) is 1. The van der Waals surface area contributed by atoms with E-state index in [0.717, 1.165) is 35.2 Å². The van der Waals surface area contributed by atoms with Crippen molar-refractivity contribution in [2.24, 2.45) is 5.92 Å². The molecule has 0 amide bonds. The molecule has 1 aliphatic carbocycles. The molecule has 0 spiro atoms. The molecule has 0 saturated heterocycles. The van der Waals surface area contributed by atoms with Crippen molar-refractivity contribution in [3.63, 3.8) is 0 Å². The first kappa shape index (κ1) is 13.6. The van der Waals surface area contributed by atoms with E-state index in [1.807, 2.05) is 24.4 Å². The summed E-state index contributed by atoms with van der Waals surface area (Å²) in [6.07, 6.45) is 10.4. The van der Waals surface area contributed by atoms with E-state index in [4.69, 9.17) is 0 Å². The van der Waals surface area contributed by atoms with Gasteiger partial charge in [-0.3, -0.25) is 4.98 Å². The Morgan fingerprint density at radius 3 is 2.85 bits per heavy atom. The summed E-state index contributed by atoms with van der Waals surface area (Å²) in [5, 5.41) is 11.5. The van der Waals surface area contributed by atoms with Gasteiger partial charge in [0.1, 0.15) is 0 Å². The van der Waals surface area contributed by atoms with Gasteiger partial charge in [0.05, 0.1) is 11.6 Å². The molecule has 1 unspecified atom stereocenters. The molecule has 20 heavy (non-hydrogen) atoms. The van der Waals surface area contributed by atoms with Crippen LogP contribution >= 0.6 is 0 Å². The van der Waals surface area contributed by atoms with E-state index in [1.54, 1.807) is 0 Å². The fourth-order valence-corrected chi connectivity index (χ4v) is 3.34. The number of aromatic nitrogens is 1. The van der Waals surface area contributed by atoms with Crippen LogP contribution in [0.3, 0.4) is 0 Å². The molecule has 1 aromatic heterocycles. The third-order valence-electron chi connectivity index (χ3n) is 4.58. The zero-order valence-corrected chi connectivity index (χ0v) is 12.0. The molecule has 3 rings (SSSR count). The maximum absolute atomic E-state index is 10.4. The Hall–Kier alpha value is -1.41. The Balaban J connectivity index is 1.64. The molecule has 0 bridgehead atoms. The highest BCUT2D eigenvalue weighted by molar-refractivity contribution is 5.78. The van der Waals surface area contributed by atoms with Crippen LogP contribution in [0.2, 0.25) is 0 Å². The highest BCUT2D eigenvalue weighted by Gasteiger charge is 2.16. The van der Waals surface area contributed by atoms with Crippen molar-refractivity contribution in [2.45, 2.75) is 51.0 Å². The first-order chi connectivity index (χ1) is 9.83. The van der Waals surface area contributed by atoms with Crippen molar-refractivity contribution in [3.05, 3.63) is 42.1 Å². The van der Waals surface area contributed by atoms with E-state index >= 15 is 0 Å². The van der Waals surface area contributed by atoms with E-state index in [1.165, 1.54) is 32.1 Å². The number of rotatable bonds is 4. The predicted molar refractivity (Wildman–Crippen MR) is 82.5 cm³/mol. The molecule has 2 nitrogen and oxygen atoms in total. The standard InChI is InChI=1S/C18H23NO/c20-18(11-8-14-5-2-1-3-6-14)16-9-10-17-15(13-16)7-4-12-19-17/h4,7,9-10,12-14,18,20H,1-3,5-6,8,11H2. The molecule has 2 heteroatoms. The van der Waals surface area contributed by atoms with Crippen LogP contribution in [0.1, 0.15) is 56.6 Å². The highest BCUT2D eigenvalue weighted by Crippen LogP contribution is 2.30. The van der Waals surface area contributed by atoms with Crippen LogP contribution in [-0.4, -0.2) is 10.1 Å². The third kappa shape index (κ3) is 3.18. The number of benzene rings is 1. The second kappa shape index (κ2) is 6.36. The Labute approximate surface area is 120 Å². The number of aliphatic hydroxyl groups is 1. The average Bonchev–Trinajstić information content (AvgIpc) is 2.53. The van der Waals surface area contributed by atoms with Gasteiger partial charge in [0.2, 0.25) is 0 Å². The SMILES string of the molecule is OC(CCC1CCCCC1)c1ccc2ncccc2c1. The van der Waals surface area contributed by atoms with Crippen molar-refractivity contribution >= 4 is 10.9 Å².